The van der Waals surface area contributed by atoms with E-state index in [9.17, 15) is 4.79 Å². The first kappa shape index (κ1) is 20.8. The lowest BCUT2D eigenvalue weighted by Crippen LogP contribution is -3.11. The SMILES string of the molecule is CCOC(=O)c1ccc(NC(=S)NCC2CC[NH+](Cc3cccs3)CC2)cc1. The van der Waals surface area contributed by atoms with E-state index in [2.05, 4.69) is 28.1 Å². The van der Waals surface area contributed by atoms with Gasteiger partial charge in [0.05, 0.1) is 30.1 Å². The molecule has 28 heavy (non-hydrogen) atoms. The Balaban J connectivity index is 1.36. The molecule has 1 fully saturated rings. The summed E-state index contributed by atoms with van der Waals surface area (Å²) in [6.07, 6.45) is 2.45. The van der Waals surface area contributed by atoms with Gasteiger partial charge in [-0.3, -0.25) is 0 Å². The highest BCUT2D eigenvalue weighted by molar-refractivity contribution is 7.80. The molecule has 0 radical (unpaired) electrons. The molecular weight excluding hydrogens is 390 g/mol. The van der Waals surface area contributed by atoms with Gasteiger partial charge in [-0.15, -0.1) is 11.3 Å². The topological polar surface area (TPSA) is 54.8 Å². The minimum absolute atomic E-state index is 0.303. The Hall–Kier alpha value is -1.96. The van der Waals surface area contributed by atoms with Crippen molar-refractivity contribution in [3.05, 3.63) is 52.2 Å². The van der Waals surface area contributed by atoms with E-state index in [1.54, 1.807) is 24.0 Å². The summed E-state index contributed by atoms with van der Waals surface area (Å²) in [5, 5.41) is 9.30. The molecule has 7 heteroatoms. The van der Waals surface area contributed by atoms with Gasteiger partial charge in [0.25, 0.3) is 0 Å². The van der Waals surface area contributed by atoms with E-state index >= 15 is 0 Å². The van der Waals surface area contributed by atoms with Gasteiger partial charge < -0.3 is 20.3 Å². The molecule has 2 heterocycles. The predicted molar refractivity (Wildman–Crippen MR) is 118 cm³/mol. The maximum absolute atomic E-state index is 11.7. The maximum atomic E-state index is 11.7. The number of ether oxygens (including phenoxy) is 1. The van der Waals surface area contributed by atoms with Gasteiger partial charge in [0.2, 0.25) is 0 Å². The molecular formula is C21H28N3O2S2+. The van der Waals surface area contributed by atoms with Crippen LogP contribution >= 0.6 is 23.6 Å². The van der Waals surface area contributed by atoms with Gasteiger partial charge in [0.15, 0.2) is 5.11 Å². The van der Waals surface area contributed by atoms with Gasteiger partial charge in [-0.1, -0.05) is 6.07 Å². The number of rotatable bonds is 7. The van der Waals surface area contributed by atoms with Crippen LogP contribution in [-0.4, -0.2) is 37.3 Å². The summed E-state index contributed by atoms with van der Waals surface area (Å²) in [4.78, 5) is 14.8. The quantitative estimate of drug-likeness (QED) is 0.477. The number of hydrogen-bond donors (Lipinski definition) is 3. The van der Waals surface area contributed by atoms with Crippen molar-refractivity contribution >= 4 is 40.3 Å². The molecule has 3 rings (SSSR count). The van der Waals surface area contributed by atoms with E-state index < -0.39 is 0 Å². The number of nitrogens with one attached hydrogen (secondary N) is 3. The molecule has 3 N–H and O–H groups in total. The Morgan fingerprint density at radius 2 is 2.00 bits per heavy atom. The lowest BCUT2D eigenvalue weighted by molar-refractivity contribution is -0.919. The molecule has 5 nitrogen and oxygen atoms in total. The molecule has 2 aromatic rings. The number of thiophene rings is 1. The highest BCUT2D eigenvalue weighted by atomic mass is 32.1. The second-order valence-corrected chi connectivity index (χ2v) is 8.52. The summed E-state index contributed by atoms with van der Waals surface area (Å²) >= 11 is 7.27. The van der Waals surface area contributed by atoms with Crippen LogP contribution in [0.4, 0.5) is 5.69 Å². The molecule has 0 amide bonds. The van der Waals surface area contributed by atoms with Crippen molar-refractivity contribution in [1.82, 2.24) is 5.32 Å². The van der Waals surface area contributed by atoms with Crippen LogP contribution in [0.3, 0.4) is 0 Å². The zero-order valence-electron chi connectivity index (χ0n) is 16.2. The summed E-state index contributed by atoms with van der Waals surface area (Å²) in [5.74, 6) is 0.361. The molecule has 1 saturated heterocycles. The monoisotopic (exact) mass is 418 g/mol. The van der Waals surface area contributed by atoms with Crippen molar-refractivity contribution in [3.63, 3.8) is 0 Å². The highest BCUT2D eigenvalue weighted by Gasteiger charge is 2.22. The molecule has 0 bridgehead atoms. The molecule has 0 unspecified atom stereocenters. The molecule has 150 valence electrons. The predicted octanol–water partition coefficient (Wildman–Crippen LogP) is 2.71. The lowest BCUT2D eigenvalue weighted by atomic mass is 9.97. The number of thiocarbonyl (C=S) groups is 1. The summed E-state index contributed by atoms with van der Waals surface area (Å²) in [6.45, 7) is 6.67. The molecule has 1 aliphatic rings. The zero-order chi connectivity index (χ0) is 19.8. The third-order valence-corrected chi connectivity index (χ3v) is 6.14. The summed E-state index contributed by atoms with van der Waals surface area (Å²) in [6, 6.07) is 11.5. The Morgan fingerprint density at radius 3 is 2.64 bits per heavy atom. The van der Waals surface area contributed by atoms with Gasteiger partial charge >= 0.3 is 5.97 Å². The Kier molecular flexibility index (Phi) is 7.82. The van der Waals surface area contributed by atoms with Crippen molar-refractivity contribution in [2.75, 3.05) is 31.6 Å². The summed E-state index contributed by atoms with van der Waals surface area (Å²) < 4.78 is 4.99. The lowest BCUT2D eigenvalue weighted by Gasteiger charge is -2.29. The van der Waals surface area contributed by atoms with Crippen molar-refractivity contribution in [1.29, 1.82) is 0 Å². The molecule has 1 aromatic heterocycles. The third kappa shape index (κ3) is 6.29. The van der Waals surface area contributed by atoms with Crippen LogP contribution in [0.15, 0.2) is 41.8 Å². The van der Waals surface area contributed by atoms with E-state index in [1.165, 1.54) is 30.8 Å². The van der Waals surface area contributed by atoms with Crippen molar-refractivity contribution < 1.29 is 14.4 Å². The average molecular weight is 419 g/mol. The number of quaternary nitrogens is 1. The number of piperidine rings is 1. The van der Waals surface area contributed by atoms with Gasteiger partial charge in [-0.05, 0) is 60.8 Å². The number of carbonyl (C=O) groups is 1. The van der Waals surface area contributed by atoms with Crippen LogP contribution in [0.5, 0.6) is 0 Å². The number of hydrogen-bond acceptors (Lipinski definition) is 4. The Morgan fingerprint density at radius 1 is 1.25 bits per heavy atom. The van der Waals surface area contributed by atoms with Gasteiger partial charge in [0.1, 0.15) is 6.54 Å². The van der Waals surface area contributed by atoms with Crippen molar-refractivity contribution in [2.45, 2.75) is 26.3 Å². The third-order valence-electron chi connectivity index (χ3n) is 5.02. The standard InChI is InChI=1S/C21H27N3O2S2/c1-2-26-20(25)17-5-7-18(8-6-17)23-21(27)22-14-16-9-11-24(12-10-16)15-19-4-3-13-28-19/h3-8,13,16H,2,9-12,14-15H2,1H3,(H2,22,23,27)/p+1. The molecule has 0 spiro atoms. The zero-order valence-corrected chi connectivity index (χ0v) is 17.8. The summed E-state index contributed by atoms with van der Waals surface area (Å²) in [7, 11) is 0. The normalized spacial score (nSPS) is 19.0. The van der Waals surface area contributed by atoms with E-state index in [4.69, 9.17) is 17.0 Å². The van der Waals surface area contributed by atoms with Gasteiger partial charge in [-0.25, -0.2) is 4.79 Å². The second kappa shape index (κ2) is 10.5. The molecule has 0 aliphatic carbocycles. The largest absolute Gasteiger partial charge is 0.462 e. The smallest absolute Gasteiger partial charge is 0.338 e. The number of carbonyl (C=O) groups excluding carboxylic acids is 1. The van der Waals surface area contributed by atoms with Crippen LogP contribution in [0, 0.1) is 5.92 Å². The minimum atomic E-state index is -0.303. The fourth-order valence-corrected chi connectivity index (χ4v) is 4.42. The first-order valence-electron chi connectivity index (χ1n) is 9.82. The maximum Gasteiger partial charge on any atom is 0.338 e. The molecule has 0 atom stereocenters. The average Bonchev–Trinajstić information content (AvgIpc) is 3.21. The number of benzene rings is 1. The molecule has 1 aliphatic heterocycles. The highest BCUT2D eigenvalue weighted by Crippen LogP contribution is 2.12. The van der Waals surface area contributed by atoms with E-state index in [1.807, 2.05) is 23.5 Å². The Bertz CT molecular complexity index is 754. The number of anilines is 1. The fraction of sp³-hybridized carbons (Fsp3) is 0.429. The number of esters is 1. The first-order chi connectivity index (χ1) is 13.6. The Labute approximate surface area is 176 Å². The van der Waals surface area contributed by atoms with Gasteiger partial charge in [-0.2, -0.15) is 0 Å². The van der Waals surface area contributed by atoms with Crippen LogP contribution < -0.4 is 15.5 Å². The van der Waals surface area contributed by atoms with Crippen molar-refractivity contribution in [2.24, 2.45) is 5.92 Å². The van der Waals surface area contributed by atoms with E-state index in [0.29, 0.717) is 23.2 Å². The van der Waals surface area contributed by atoms with Crippen LogP contribution in [0.25, 0.3) is 0 Å². The first-order valence-corrected chi connectivity index (χ1v) is 11.1. The van der Waals surface area contributed by atoms with E-state index in [0.717, 1.165) is 18.8 Å². The summed E-state index contributed by atoms with van der Waals surface area (Å²) in [5.41, 5.74) is 1.41. The number of likely N-dealkylation sites (tertiary alicyclic amines) is 1. The van der Waals surface area contributed by atoms with E-state index in [-0.39, 0.29) is 5.97 Å². The van der Waals surface area contributed by atoms with Crippen LogP contribution in [-0.2, 0) is 11.3 Å². The van der Waals surface area contributed by atoms with Gasteiger partial charge in [0, 0.05) is 25.1 Å². The van der Waals surface area contributed by atoms with Crippen LogP contribution in [0.2, 0.25) is 0 Å². The van der Waals surface area contributed by atoms with Crippen LogP contribution in [0.1, 0.15) is 35.0 Å². The molecule has 1 aromatic carbocycles. The second-order valence-electron chi connectivity index (χ2n) is 7.08. The van der Waals surface area contributed by atoms with Crippen molar-refractivity contribution in [3.8, 4) is 0 Å². The molecule has 0 saturated carbocycles. The minimum Gasteiger partial charge on any atom is -0.462 e. The fourth-order valence-electron chi connectivity index (χ4n) is 3.44.